The van der Waals surface area contributed by atoms with Crippen molar-refractivity contribution >= 4 is 16.1 Å². The van der Waals surface area contributed by atoms with E-state index in [0.29, 0.717) is 5.41 Å². The largest absolute Gasteiger partial charge is 0.0695 e. The van der Waals surface area contributed by atoms with Crippen molar-refractivity contribution in [1.82, 2.24) is 0 Å². The maximum absolute atomic E-state index is 2.53. The molecule has 0 unspecified atom stereocenters. The summed E-state index contributed by atoms with van der Waals surface area (Å²) in [5, 5.41) is 1.01. The summed E-state index contributed by atoms with van der Waals surface area (Å²) in [4.78, 5) is 0. The van der Waals surface area contributed by atoms with E-state index in [9.17, 15) is 0 Å². The minimum absolute atomic E-state index is 0.509. The third-order valence-electron chi connectivity index (χ3n) is 2.60. The molecule has 0 fully saturated rings. The van der Waals surface area contributed by atoms with Crippen LogP contribution < -0.4 is 0 Å². The van der Waals surface area contributed by atoms with Gasteiger partial charge in [-0.05, 0) is 10.6 Å². The van der Waals surface area contributed by atoms with Crippen LogP contribution in [0.15, 0.2) is 0 Å². The van der Waals surface area contributed by atoms with Crippen molar-refractivity contribution in [3.8, 4) is 0 Å². The van der Waals surface area contributed by atoms with Crippen LogP contribution in [0.25, 0.3) is 0 Å². The molecular formula is C11H28Si2. The van der Waals surface area contributed by atoms with Crippen molar-refractivity contribution in [2.45, 2.75) is 65.2 Å². The average Bonchev–Trinajstić information content (AvgIpc) is 1.44. The SMILES string of the molecule is CC(C)(C)C([Si](C)(C)C)[Si](C)(C)C. The van der Waals surface area contributed by atoms with Gasteiger partial charge in [0.25, 0.3) is 0 Å². The van der Waals surface area contributed by atoms with Crippen molar-refractivity contribution in [2.75, 3.05) is 0 Å². The fraction of sp³-hybridized carbons (Fsp3) is 1.00. The number of hydrogen-bond donors (Lipinski definition) is 0. The standard InChI is InChI=1S/C11H28Si2/c1-11(2,3)10(12(4,5)6)13(7,8)9/h10H,1-9H3. The molecule has 0 bridgehead atoms. The normalized spacial score (nSPS) is 15.2. The molecule has 2 heteroatoms. The van der Waals surface area contributed by atoms with Gasteiger partial charge in [0.05, 0.1) is 0 Å². The van der Waals surface area contributed by atoms with Crippen LogP contribution in [-0.4, -0.2) is 16.1 Å². The fourth-order valence-electron chi connectivity index (χ4n) is 3.90. The molecule has 0 aromatic rings. The summed E-state index contributed by atoms with van der Waals surface area (Å²) in [5.74, 6) is 0. The smallest absolute Gasteiger partial charge is 0.0452 e. The zero-order chi connectivity index (χ0) is 11.1. The van der Waals surface area contributed by atoms with Gasteiger partial charge in [-0.25, -0.2) is 0 Å². The van der Waals surface area contributed by atoms with E-state index in [1.54, 1.807) is 0 Å². The van der Waals surface area contributed by atoms with E-state index in [0.717, 1.165) is 5.16 Å². The first kappa shape index (κ1) is 13.4. The first-order valence-corrected chi connectivity index (χ1v) is 12.5. The van der Waals surface area contributed by atoms with Crippen LogP contribution in [0, 0.1) is 5.41 Å². The summed E-state index contributed by atoms with van der Waals surface area (Å²) in [6.45, 7) is 22.4. The van der Waals surface area contributed by atoms with Crippen molar-refractivity contribution < 1.29 is 0 Å². The van der Waals surface area contributed by atoms with Crippen LogP contribution in [0.3, 0.4) is 0 Å². The van der Waals surface area contributed by atoms with Crippen LogP contribution in [0.5, 0.6) is 0 Å². The molecule has 0 nitrogen and oxygen atoms in total. The molecule has 0 heterocycles. The predicted molar refractivity (Wildman–Crippen MR) is 69.9 cm³/mol. The van der Waals surface area contributed by atoms with Crippen molar-refractivity contribution in [3.05, 3.63) is 0 Å². The fourth-order valence-corrected chi connectivity index (χ4v) is 19.5. The van der Waals surface area contributed by atoms with E-state index >= 15 is 0 Å². The summed E-state index contributed by atoms with van der Waals surface area (Å²) in [7, 11) is -1.99. The number of hydrogen-bond acceptors (Lipinski definition) is 0. The average molecular weight is 217 g/mol. The molecule has 0 rings (SSSR count). The van der Waals surface area contributed by atoms with Gasteiger partial charge in [-0.3, -0.25) is 0 Å². The highest BCUT2D eigenvalue weighted by atomic mass is 28.4. The van der Waals surface area contributed by atoms with Crippen LogP contribution in [0.1, 0.15) is 20.8 Å². The Labute approximate surface area is 87.2 Å². The van der Waals surface area contributed by atoms with Crippen LogP contribution in [0.2, 0.25) is 44.4 Å². The molecular weight excluding hydrogens is 188 g/mol. The molecule has 0 amide bonds. The Bertz CT molecular complexity index is 131. The maximum Gasteiger partial charge on any atom is 0.0452 e. The van der Waals surface area contributed by atoms with Crippen molar-refractivity contribution in [3.63, 3.8) is 0 Å². The highest BCUT2D eigenvalue weighted by Gasteiger charge is 2.44. The molecule has 0 N–H and O–H groups in total. The summed E-state index contributed by atoms with van der Waals surface area (Å²) in [6, 6.07) is 0. The summed E-state index contributed by atoms with van der Waals surface area (Å²) < 4.78 is 0. The summed E-state index contributed by atoms with van der Waals surface area (Å²) in [5.41, 5.74) is 0.509. The Balaban J connectivity index is 5.02. The van der Waals surface area contributed by atoms with Gasteiger partial charge >= 0.3 is 0 Å². The Morgan fingerprint density at radius 3 is 0.923 bits per heavy atom. The molecule has 0 spiro atoms. The molecule has 0 aromatic heterocycles. The maximum atomic E-state index is 2.53. The van der Waals surface area contributed by atoms with Crippen LogP contribution in [-0.2, 0) is 0 Å². The minimum Gasteiger partial charge on any atom is -0.0695 e. The topological polar surface area (TPSA) is 0 Å². The van der Waals surface area contributed by atoms with E-state index in [1.807, 2.05) is 0 Å². The third-order valence-corrected chi connectivity index (χ3v) is 13.0. The van der Waals surface area contributed by atoms with Gasteiger partial charge in [0.1, 0.15) is 0 Å². The lowest BCUT2D eigenvalue weighted by Gasteiger charge is -2.47. The third kappa shape index (κ3) is 3.98. The lowest BCUT2D eigenvalue weighted by Crippen LogP contribution is -2.50. The highest BCUT2D eigenvalue weighted by molar-refractivity contribution is 6.96. The second kappa shape index (κ2) is 3.54. The molecule has 0 atom stereocenters. The lowest BCUT2D eigenvalue weighted by atomic mass is 10.00. The Morgan fingerprint density at radius 1 is 0.692 bits per heavy atom. The molecule has 0 saturated carbocycles. The second-order valence-electron chi connectivity index (χ2n) is 7.53. The second-order valence-corrected chi connectivity index (χ2v) is 18.7. The Kier molecular flexibility index (Phi) is 3.66. The molecule has 0 aliphatic heterocycles. The molecule has 0 aliphatic rings. The van der Waals surface area contributed by atoms with E-state index in [2.05, 4.69) is 60.1 Å². The first-order valence-electron chi connectivity index (χ1n) is 5.37. The molecule has 13 heavy (non-hydrogen) atoms. The predicted octanol–water partition coefficient (Wildman–Crippen LogP) is 4.62. The molecule has 80 valence electrons. The molecule has 0 saturated heterocycles. The summed E-state index contributed by atoms with van der Waals surface area (Å²) >= 11 is 0. The zero-order valence-electron chi connectivity index (χ0n) is 11.1. The highest BCUT2D eigenvalue weighted by Crippen LogP contribution is 2.45. The van der Waals surface area contributed by atoms with Gasteiger partial charge in [-0.15, -0.1) is 0 Å². The number of rotatable bonds is 2. The van der Waals surface area contributed by atoms with Gasteiger partial charge in [0.2, 0.25) is 0 Å². The van der Waals surface area contributed by atoms with E-state index in [4.69, 9.17) is 0 Å². The molecule has 0 aromatic carbocycles. The van der Waals surface area contributed by atoms with E-state index in [1.165, 1.54) is 0 Å². The Morgan fingerprint density at radius 2 is 0.923 bits per heavy atom. The quantitative estimate of drug-likeness (QED) is 0.591. The minimum atomic E-state index is -0.996. The van der Waals surface area contributed by atoms with Gasteiger partial charge < -0.3 is 0 Å². The molecule has 0 radical (unpaired) electrons. The van der Waals surface area contributed by atoms with E-state index in [-0.39, 0.29) is 0 Å². The van der Waals surface area contributed by atoms with Crippen molar-refractivity contribution in [2.24, 2.45) is 5.41 Å². The van der Waals surface area contributed by atoms with Gasteiger partial charge in [-0.2, -0.15) is 0 Å². The van der Waals surface area contributed by atoms with Crippen molar-refractivity contribution in [1.29, 1.82) is 0 Å². The van der Waals surface area contributed by atoms with Gasteiger partial charge in [-0.1, -0.05) is 60.1 Å². The monoisotopic (exact) mass is 216 g/mol. The molecule has 0 aliphatic carbocycles. The van der Waals surface area contributed by atoms with Crippen LogP contribution in [0.4, 0.5) is 0 Å². The van der Waals surface area contributed by atoms with E-state index < -0.39 is 16.1 Å². The lowest BCUT2D eigenvalue weighted by molar-refractivity contribution is 0.426. The van der Waals surface area contributed by atoms with Crippen LogP contribution >= 0.6 is 0 Å². The van der Waals surface area contributed by atoms with Gasteiger partial charge in [0.15, 0.2) is 0 Å². The summed E-state index contributed by atoms with van der Waals surface area (Å²) in [6.07, 6.45) is 0. The van der Waals surface area contributed by atoms with Gasteiger partial charge in [0, 0.05) is 16.1 Å². The zero-order valence-corrected chi connectivity index (χ0v) is 13.1. The first-order chi connectivity index (χ1) is 5.37. The Hall–Kier alpha value is 0.434.